The highest BCUT2D eigenvalue weighted by Gasteiger charge is 2.21. The highest BCUT2D eigenvalue weighted by atomic mass is 35.5. The molecular weight excluding hydrogens is 336 g/mol. The van der Waals surface area contributed by atoms with Gasteiger partial charge < -0.3 is 10.1 Å². The summed E-state index contributed by atoms with van der Waals surface area (Å²) in [6, 6.07) is 9.92. The van der Waals surface area contributed by atoms with Crippen LogP contribution in [0.2, 0.25) is 5.02 Å². The lowest BCUT2D eigenvalue weighted by Crippen LogP contribution is -2.30. The quantitative estimate of drug-likeness (QED) is 0.658. The van der Waals surface area contributed by atoms with Gasteiger partial charge in [-0.15, -0.1) is 11.8 Å². The number of nitrogens with zero attached hydrogens (tertiary/aromatic N) is 1. The van der Waals surface area contributed by atoms with Crippen LogP contribution in [0.5, 0.6) is 0 Å². The fourth-order valence-electron chi connectivity index (χ4n) is 1.76. The number of ether oxygens (including phenoxy) is 1. The van der Waals surface area contributed by atoms with E-state index in [1.165, 1.54) is 18.7 Å². The van der Waals surface area contributed by atoms with Crippen molar-refractivity contribution < 1.29 is 14.3 Å². The fraction of sp³-hybridized carbons (Fsp3) is 0.188. The molecular formula is C16H15ClN2O3S. The summed E-state index contributed by atoms with van der Waals surface area (Å²) in [6.07, 6.45) is 2.47. The van der Waals surface area contributed by atoms with Crippen molar-refractivity contribution in [1.82, 2.24) is 4.98 Å². The highest BCUT2D eigenvalue weighted by Crippen LogP contribution is 2.19. The van der Waals surface area contributed by atoms with E-state index in [-0.39, 0.29) is 0 Å². The number of hydrogen-bond acceptors (Lipinski definition) is 5. The van der Waals surface area contributed by atoms with E-state index in [4.69, 9.17) is 16.3 Å². The molecule has 1 aromatic carbocycles. The van der Waals surface area contributed by atoms with E-state index in [9.17, 15) is 9.59 Å². The van der Waals surface area contributed by atoms with Crippen molar-refractivity contribution in [1.29, 1.82) is 0 Å². The van der Waals surface area contributed by atoms with Gasteiger partial charge in [0.15, 0.2) is 6.10 Å². The van der Waals surface area contributed by atoms with E-state index >= 15 is 0 Å². The molecule has 1 amide bonds. The maximum atomic E-state index is 12.2. The Morgan fingerprint density at radius 2 is 1.96 bits per heavy atom. The van der Waals surface area contributed by atoms with Crippen LogP contribution in [0, 0.1) is 0 Å². The average molecular weight is 351 g/mol. The standard InChI is InChI=1S/C16H15ClN2O3S/c1-10(14(20)19-12-7-5-11(17)6-8-12)22-16(21)13-4-3-9-18-15(13)23-2/h3-10H,1-2H3,(H,19,20)/t10-/m0/s1. The Balaban J connectivity index is 2.00. The van der Waals surface area contributed by atoms with Crippen molar-refractivity contribution in [2.45, 2.75) is 18.1 Å². The molecule has 0 spiro atoms. The van der Waals surface area contributed by atoms with Crippen LogP contribution in [0.1, 0.15) is 17.3 Å². The molecule has 23 heavy (non-hydrogen) atoms. The molecule has 0 aliphatic rings. The summed E-state index contributed by atoms with van der Waals surface area (Å²) in [6.45, 7) is 1.51. The number of carbonyl (C=O) groups is 2. The molecule has 0 aliphatic heterocycles. The first-order chi connectivity index (χ1) is 11.0. The third-order valence-electron chi connectivity index (χ3n) is 2.95. The van der Waals surface area contributed by atoms with Gasteiger partial charge in [0.1, 0.15) is 5.03 Å². The van der Waals surface area contributed by atoms with Gasteiger partial charge in [-0.05, 0) is 49.6 Å². The minimum Gasteiger partial charge on any atom is -0.449 e. The van der Waals surface area contributed by atoms with Gasteiger partial charge in [0, 0.05) is 16.9 Å². The SMILES string of the molecule is CSc1ncccc1C(=O)O[C@@H](C)C(=O)Nc1ccc(Cl)cc1. The third-order valence-corrected chi connectivity index (χ3v) is 3.91. The number of rotatable bonds is 5. The summed E-state index contributed by atoms with van der Waals surface area (Å²) in [5, 5.41) is 3.79. The van der Waals surface area contributed by atoms with Crippen LogP contribution in [0.25, 0.3) is 0 Å². The molecule has 1 N–H and O–H groups in total. The Bertz CT molecular complexity index is 707. The summed E-state index contributed by atoms with van der Waals surface area (Å²) >= 11 is 7.12. The van der Waals surface area contributed by atoms with E-state index in [1.807, 2.05) is 6.26 Å². The Hall–Kier alpha value is -2.05. The molecule has 7 heteroatoms. The highest BCUT2D eigenvalue weighted by molar-refractivity contribution is 7.98. The largest absolute Gasteiger partial charge is 0.449 e. The lowest BCUT2D eigenvalue weighted by Gasteiger charge is -2.14. The second kappa shape index (κ2) is 7.99. The zero-order valence-corrected chi connectivity index (χ0v) is 14.1. The number of aromatic nitrogens is 1. The smallest absolute Gasteiger partial charge is 0.341 e. The molecule has 0 fully saturated rings. The summed E-state index contributed by atoms with van der Waals surface area (Å²) in [7, 11) is 0. The van der Waals surface area contributed by atoms with Gasteiger partial charge in [0.2, 0.25) is 0 Å². The van der Waals surface area contributed by atoms with Crippen molar-refractivity contribution in [3.05, 3.63) is 53.2 Å². The van der Waals surface area contributed by atoms with Crippen LogP contribution in [-0.4, -0.2) is 29.2 Å². The summed E-state index contributed by atoms with van der Waals surface area (Å²) < 4.78 is 5.21. The minimum atomic E-state index is -0.937. The lowest BCUT2D eigenvalue weighted by molar-refractivity contribution is -0.123. The molecule has 1 heterocycles. The molecule has 0 aliphatic carbocycles. The molecule has 5 nitrogen and oxygen atoms in total. The Kier molecular flexibility index (Phi) is 6.01. The Morgan fingerprint density at radius 3 is 2.61 bits per heavy atom. The van der Waals surface area contributed by atoms with E-state index in [2.05, 4.69) is 10.3 Å². The number of carbonyl (C=O) groups excluding carboxylic acids is 2. The predicted molar refractivity (Wildman–Crippen MR) is 91.0 cm³/mol. The minimum absolute atomic E-state index is 0.339. The molecule has 1 atom stereocenters. The van der Waals surface area contributed by atoms with Crippen LogP contribution in [0.4, 0.5) is 5.69 Å². The summed E-state index contributed by atoms with van der Waals surface area (Å²) in [5.41, 5.74) is 0.916. The Morgan fingerprint density at radius 1 is 1.26 bits per heavy atom. The molecule has 0 saturated heterocycles. The van der Waals surface area contributed by atoms with E-state index < -0.39 is 18.0 Å². The van der Waals surface area contributed by atoms with Gasteiger partial charge in [0.25, 0.3) is 5.91 Å². The van der Waals surface area contributed by atoms with Gasteiger partial charge in [-0.1, -0.05) is 11.6 Å². The van der Waals surface area contributed by atoms with Crippen LogP contribution < -0.4 is 5.32 Å². The number of anilines is 1. The number of pyridine rings is 1. The first kappa shape index (κ1) is 17.3. The predicted octanol–water partition coefficient (Wildman–Crippen LogP) is 3.64. The maximum Gasteiger partial charge on any atom is 0.341 e. The van der Waals surface area contributed by atoms with Crippen LogP contribution >= 0.6 is 23.4 Å². The summed E-state index contributed by atoms with van der Waals surface area (Å²) in [5.74, 6) is -1.00. The van der Waals surface area contributed by atoms with Crippen molar-refractivity contribution in [3.8, 4) is 0 Å². The second-order valence-electron chi connectivity index (χ2n) is 4.60. The van der Waals surface area contributed by atoms with Gasteiger partial charge in [0.05, 0.1) is 5.56 Å². The van der Waals surface area contributed by atoms with Crippen molar-refractivity contribution >= 4 is 40.9 Å². The van der Waals surface area contributed by atoms with Crippen LogP contribution in [-0.2, 0) is 9.53 Å². The van der Waals surface area contributed by atoms with Crippen LogP contribution in [0.15, 0.2) is 47.6 Å². The Labute approximate surface area is 143 Å². The topological polar surface area (TPSA) is 68.3 Å². The van der Waals surface area contributed by atoms with Crippen molar-refractivity contribution in [2.24, 2.45) is 0 Å². The number of amides is 1. The average Bonchev–Trinajstić information content (AvgIpc) is 2.56. The fourth-order valence-corrected chi connectivity index (χ4v) is 2.43. The number of hydrogen-bond donors (Lipinski definition) is 1. The van der Waals surface area contributed by atoms with E-state index in [1.54, 1.807) is 42.6 Å². The number of esters is 1. The number of nitrogens with one attached hydrogen (secondary N) is 1. The van der Waals surface area contributed by atoms with Crippen LogP contribution in [0.3, 0.4) is 0 Å². The van der Waals surface area contributed by atoms with Crippen molar-refractivity contribution in [2.75, 3.05) is 11.6 Å². The van der Waals surface area contributed by atoms with E-state index in [0.717, 1.165) is 0 Å². The zero-order valence-electron chi connectivity index (χ0n) is 12.6. The molecule has 1 aromatic heterocycles. The lowest BCUT2D eigenvalue weighted by atomic mass is 10.2. The zero-order chi connectivity index (χ0) is 16.8. The molecule has 0 radical (unpaired) electrons. The number of benzene rings is 1. The van der Waals surface area contributed by atoms with Gasteiger partial charge >= 0.3 is 5.97 Å². The molecule has 0 saturated carbocycles. The van der Waals surface area contributed by atoms with E-state index in [0.29, 0.717) is 21.3 Å². The normalized spacial score (nSPS) is 11.6. The first-order valence-electron chi connectivity index (χ1n) is 6.77. The maximum absolute atomic E-state index is 12.2. The molecule has 120 valence electrons. The number of thioether (sulfide) groups is 1. The monoisotopic (exact) mass is 350 g/mol. The van der Waals surface area contributed by atoms with Gasteiger partial charge in [-0.2, -0.15) is 0 Å². The molecule has 0 bridgehead atoms. The summed E-state index contributed by atoms with van der Waals surface area (Å²) in [4.78, 5) is 28.3. The van der Waals surface area contributed by atoms with Gasteiger partial charge in [-0.3, -0.25) is 4.79 Å². The molecule has 2 rings (SSSR count). The first-order valence-corrected chi connectivity index (χ1v) is 8.38. The van der Waals surface area contributed by atoms with Gasteiger partial charge in [-0.25, -0.2) is 9.78 Å². The number of halogens is 1. The third kappa shape index (κ3) is 4.71. The molecule has 0 unspecified atom stereocenters. The molecule has 2 aromatic rings. The second-order valence-corrected chi connectivity index (χ2v) is 5.84. The van der Waals surface area contributed by atoms with Crippen molar-refractivity contribution in [3.63, 3.8) is 0 Å².